The van der Waals surface area contributed by atoms with Gasteiger partial charge in [-0.15, -0.1) is 0 Å². The van der Waals surface area contributed by atoms with Gasteiger partial charge in [-0.1, -0.05) is 12.1 Å². The molecule has 0 radical (unpaired) electrons. The zero-order valence-corrected chi connectivity index (χ0v) is 11.1. The van der Waals surface area contributed by atoms with E-state index in [0.29, 0.717) is 11.1 Å². The number of hydrogen-bond donors (Lipinski definition) is 1. The number of benzene rings is 1. The molecule has 0 aromatic heterocycles. The summed E-state index contributed by atoms with van der Waals surface area (Å²) in [5, 5.41) is 10.9. The fraction of sp³-hybridized carbons (Fsp3) is 0.286. The third-order valence-electron chi connectivity index (χ3n) is 3.24. The van der Waals surface area contributed by atoms with Crippen molar-refractivity contribution < 1.29 is 14.4 Å². The first-order valence-electron chi connectivity index (χ1n) is 6.02. The number of imide groups is 2. The van der Waals surface area contributed by atoms with Crippen molar-refractivity contribution in [3.05, 3.63) is 35.4 Å². The van der Waals surface area contributed by atoms with E-state index in [1.165, 1.54) is 13.8 Å². The van der Waals surface area contributed by atoms with E-state index in [0.717, 1.165) is 4.90 Å². The SMILES string of the molecule is CC1(C)C(=O)NC(=O)N(Cc2ccc(C#N)cc2)C1=O. The smallest absolute Gasteiger partial charge is 0.277 e. The van der Waals surface area contributed by atoms with Gasteiger partial charge in [0.25, 0.3) is 0 Å². The Morgan fingerprint density at radius 3 is 2.35 bits per heavy atom. The maximum Gasteiger partial charge on any atom is 0.331 e. The van der Waals surface area contributed by atoms with Gasteiger partial charge in [0.15, 0.2) is 0 Å². The van der Waals surface area contributed by atoms with Crippen molar-refractivity contribution in [1.82, 2.24) is 10.2 Å². The summed E-state index contributed by atoms with van der Waals surface area (Å²) in [6, 6.07) is 7.83. The summed E-state index contributed by atoms with van der Waals surface area (Å²) in [4.78, 5) is 36.5. The van der Waals surface area contributed by atoms with Crippen molar-refractivity contribution >= 4 is 17.8 Å². The Morgan fingerprint density at radius 1 is 1.20 bits per heavy atom. The van der Waals surface area contributed by atoms with Gasteiger partial charge in [-0.05, 0) is 31.5 Å². The second-order valence-corrected chi connectivity index (χ2v) is 5.08. The number of nitrogens with zero attached hydrogens (tertiary/aromatic N) is 2. The standard InChI is InChI=1S/C14H13N3O3/c1-14(2)11(18)16-13(20)17(12(14)19)8-10-5-3-9(7-15)4-6-10/h3-6H,8H2,1-2H3,(H,16,18,20). The van der Waals surface area contributed by atoms with Crippen LogP contribution in [0.3, 0.4) is 0 Å². The van der Waals surface area contributed by atoms with Crippen LogP contribution in [0.15, 0.2) is 24.3 Å². The molecular weight excluding hydrogens is 258 g/mol. The Morgan fingerprint density at radius 2 is 1.80 bits per heavy atom. The predicted molar refractivity (Wildman–Crippen MR) is 69.0 cm³/mol. The first-order chi connectivity index (χ1) is 9.36. The minimum absolute atomic E-state index is 0.0626. The van der Waals surface area contributed by atoms with E-state index in [2.05, 4.69) is 5.32 Å². The van der Waals surface area contributed by atoms with Gasteiger partial charge in [0.05, 0.1) is 18.2 Å². The molecule has 1 fully saturated rings. The largest absolute Gasteiger partial charge is 0.331 e. The number of nitriles is 1. The highest BCUT2D eigenvalue weighted by molar-refractivity contribution is 6.18. The van der Waals surface area contributed by atoms with Crippen molar-refractivity contribution in [3.63, 3.8) is 0 Å². The Balaban J connectivity index is 2.23. The van der Waals surface area contributed by atoms with E-state index in [1.54, 1.807) is 24.3 Å². The molecule has 1 aliphatic heterocycles. The van der Waals surface area contributed by atoms with Gasteiger partial charge in [0, 0.05) is 0 Å². The first-order valence-corrected chi connectivity index (χ1v) is 6.02. The van der Waals surface area contributed by atoms with Crippen LogP contribution in [-0.4, -0.2) is 22.7 Å². The topological polar surface area (TPSA) is 90.3 Å². The quantitative estimate of drug-likeness (QED) is 0.817. The van der Waals surface area contributed by atoms with Crippen molar-refractivity contribution in [2.24, 2.45) is 5.41 Å². The fourth-order valence-corrected chi connectivity index (χ4v) is 1.86. The third kappa shape index (κ3) is 2.26. The summed E-state index contributed by atoms with van der Waals surface area (Å²) in [6.45, 7) is 3.01. The maximum atomic E-state index is 12.2. The van der Waals surface area contributed by atoms with Gasteiger partial charge in [-0.3, -0.25) is 19.8 Å². The van der Waals surface area contributed by atoms with Crippen LogP contribution in [0.5, 0.6) is 0 Å². The molecule has 1 aromatic carbocycles. The van der Waals surface area contributed by atoms with Crippen LogP contribution >= 0.6 is 0 Å². The van der Waals surface area contributed by atoms with Crippen LogP contribution in [-0.2, 0) is 16.1 Å². The van der Waals surface area contributed by atoms with Gasteiger partial charge in [0.2, 0.25) is 11.8 Å². The molecule has 0 unspecified atom stereocenters. The minimum atomic E-state index is -1.26. The monoisotopic (exact) mass is 271 g/mol. The molecule has 0 aliphatic carbocycles. The molecule has 0 atom stereocenters. The number of rotatable bonds is 2. The summed E-state index contributed by atoms with van der Waals surface area (Å²) in [6.07, 6.45) is 0. The highest BCUT2D eigenvalue weighted by atomic mass is 16.2. The van der Waals surface area contributed by atoms with E-state index in [9.17, 15) is 14.4 Å². The second kappa shape index (κ2) is 4.78. The highest BCUT2D eigenvalue weighted by Gasteiger charge is 2.46. The molecule has 2 rings (SSSR count). The lowest BCUT2D eigenvalue weighted by Crippen LogP contribution is -2.61. The molecule has 1 N–H and O–H groups in total. The number of carbonyl (C=O) groups excluding carboxylic acids is 3. The van der Waals surface area contributed by atoms with Crippen molar-refractivity contribution in [3.8, 4) is 6.07 Å². The summed E-state index contributed by atoms with van der Waals surface area (Å²) >= 11 is 0. The zero-order valence-electron chi connectivity index (χ0n) is 11.1. The number of carbonyl (C=O) groups is 3. The van der Waals surface area contributed by atoms with Gasteiger partial charge in [-0.2, -0.15) is 5.26 Å². The van der Waals surface area contributed by atoms with Crippen molar-refractivity contribution in [2.75, 3.05) is 0 Å². The molecule has 6 nitrogen and oxygen atoms in total. The third-order valence-corrected chi connectivity index (χ3v) is 3.24. The van der Waals surface area contributed by atoms with E-state index in [4.69, 9.17) is 5.26 Å². The molecule has 1 aromatic rings. The zero-order chi connectivity index (χ0) is 14.9. The van der Waals surface area contributed by atoms with Crippen LogP contribution in [0.1, 0.15) is 25.0 Å². The van der Waals surface area contributed by atoms with E-state index >= 15 is 0 Å². The molecule has 20 heavy (non-hydrogen) atoms. The number of urea groups is 1. The van der Waals surface area contributed by atoms with Crippen LogP contribution in [0.2, 0.25) is 0 Å². The van der Waals surface area contributed by atoms with E-state index in [-0.39, 0.29) is 6.54 Å². The average Bonchev–Trinajstić information content (AvgIpc) is 2.43. The van der Waals surface area contributed by atoms with Crippen molar-refractivity contribution in [1.29, 1.82) is 5.26 Å². The van der Waals surface area contributed by atoms with Gasteiger partial charge < -0.3 is 0 Å². The lowest BCUT2D eigenvalue weighted by atomic mass is 9.88. The van der Waals surface area contributed by atoms with Crippen LogP contribution in [0, 0.1) is 16.7 Å². The summed E-state index contributed by atoms with van der Waals surface area (Å²) in [5.41, 5.74) is -0.0585. The minimum Gasteiger partial charge on any atom is -0.277 e. The van der Waals surface area contributed by atoms with Gasteiger partial charge in [-0.25, -0.2) is 4.79 Å². The molecular formula is C14H13N3O3. The molecule has 6 heteroatoms. The molecule has 0 saturated carbocycles. The number of barbiturate groups is 1. The molecule has 102 valence electrons. The fourth-order valence-electron chi connectivity index (χ4n) is 1.86. The highest BCUT2D eigenvalue weighted by Crippen LogP contribution is 2.24. The molecule has 0 spiro atoms. The van der Waals surface area contributed by atoms with Crippen LogP contribution in [0.25, 0.3) is 0 Å². The Hall–Kier alpha value is -2.68. The summed E-state index contributed by atoms with van der Waals surface area (Å²) in [5.74, 6) is -1.13. The van der Waals surface area contributed by atoms with Gasteiger partial charge >= 0.3 is 6.03 Å². The number of hydrogen-bond acceptors (Lipinski definition) is 4. The van der Waals surface area contributed by atoms with E-state index < -0.39 is 23.3 Å². The molecule has 1 heterocycles. The average molecular weight is 271 g/mol. The molecule has 4 amide bonds. The first kappa shape index (κ1) is 13.7. The summed E-state index contributed by atoms with van der Waals surface area (Å²) < 4.78 is 0. The lowest BCUT2D eigenvalue weighted by molar-refractivity contribution is -0.149. The molecule has 0 bridgehead atoms. The van der Waals surface area contributed by atoms with Gasteiger partial charge in [0.1, 0.15) is 5.41 Å². The Labute approximate surface area is 116 Å². The van der Waals surface area contributed by atoms with Crippen LogP contribution < -0.4 is 5.32 Å². The predicted octanol–water partition coefficient (Wildman–Crippen LogP) is 1.16. The Kier molecular flexibility index (Phi) is 3.28. The maximum absolute atomic E-state index is 12.2. The lowest BCUT2D eigenvalue weighted by Gasteiger charge is -2.34. The Bertz CT molecular complexity index is 626. The normalized spacial score (nSPS) is 17.6. The molecule has 1 aliphatic rings. The van der Waals surface area contributed by atoms with E-state index in [1.807, 2.05) is 6.07 Å². The summed E-state index contributed by atoms with van der Waals surface area (Å²) in [7, 11) is 0. The molecule has 1 saturated heterocycles. The second-order valence-electron chi connectivity index (χ2n) is 5.08. The van der Waals surface area contributed by atoms with Crippen LogP contribution in [0.4, 0.5) is 4.79 Å². The number of amides is 4. The number of nitrogens with one attached hydrogen (secondary N) is 1. The van der Waals surface area contributed by atoms with Crippen molar-refractivity contribution in [2.45, 2.75) is 20.4 Å².